The molecule has 0 bridgehead atoms. The molecule has 0 unspecified atom stereocenters. The lowest BCUT2D eigenvalue weighted by atomic mass is 9.95. The molecule has 0 spiro atoms. The normalized spacial score (nSPS) is 18.5. The lowest BCUT2D eigenvalue weighted by molar-refractivity contribution is -0.124. The Morgan fingerprint density at radius 3 is 2.54 bits per heavy atom. The monoisotopic (exact) mass is 376 g/mol. The van der Waals surface area contributed by atoms with Gasteiger partial charge < -0.3 is 10.1 Å². The molecule has 2 aromatic carbocycles. The van der Waals surface area contributed by atoms with Crippen LogP contribution in [-0.2, 0) is 9.59 Å². The Bertz CT molecular complexity index is 886. The highest BCUT2D eigenvalue weighted by atomic mass is 16.5. The second-order valence-electron chi connectivity index (χ2n) is 7.28. The highest BCUT2D eigenvalue weighted by Crippen LogP contribution is 2.35. The quantitative estimate of drug-likeness (QED) is 0.824. The molecular formula is C23H24N2O3. The molecular weight excluding hydrogens is 352 g/mol. The van der Waals surface area contributed by atoms with Crippen LogP contribution in [0.4, 0.5) is 5.69 Å². The van der Waals surface area contributed by atoms with Crippen LogP contribution in [0.2, 0.25) is 0 Å². The Kier molecular flexibility index (Phi) is 5.42. The fraction of sp³-hybridized carbons (Fsp3) is 0.304. The predicted octanol–water partition coefficient (Wildman–Crippen LogP) is 3.90. The van der Waals surface area contributed by atoms with Crippen molar-refractivity contribution in [1.29, 1.82) is 0 Å². The molecule has 0 radical (unpaired) electrons. The van der Waals surface area contributed by atoms with E-state index in [1.807, 2.05) is 48.5 Å². The number of benzene rings is 2. The molecule has 0 atom stereocenters. The number of fused-ring (bicyclic) bond motifs is 1. The molecule has 1 fully saturated rings. The van der Waals surface area contributed by atoms with Crippen LogP contribution in [-0.4, -0.2) is 24.4 Å². The molecule has 4 rings (SSSR count). The van der Waals surface area contributed by atoms with Gasteiger partial charge in [0.1, 0.15) is 6.54 Å². The van der Waals surface area contributed by atoms with E-state index in [-0.39, 0.29) is 30.2 Å². The maximum absolute atomic E-state index is 13.1. The molecule has 1 heterocycles. The average molecular weight is 376 g/mol. The first-order chi connectivity index (χ1) is 13.7. The molecule has 0 aromatic heterocycles. The number of hydrogen-bond acceptors (Lipinski definition) is 3. The molecule has 1 aliphatic heterocycles. The number of nitrogens with zero attached hydrogens (tertiary/aromatic N) is 1. The van der Waals surface area contributed by atoms with Gasteiger partial charge in [-0.05, 0) is 36.6 Å². The van der Waals surface area contributed by atoms with E-state index < -0.39 is 0 Å². The summed E-state index contributed by atoms with van der Waals surface area (Å²) in [5.41, 5.74) is 1.49. The topological polar surface area (TPSA) is 58.6 Å². The molecule has 1 N–H and O–H groups in total. The van der Waals surface area contributed by atoms with Gasteiger partial charge in [-0.3, -0.25) is 14.5 Å². The lowest BCUT2D eigenvalue weighted by Gasteiger charge is -2.31. The Morgan fingerprint density at radius 1 is 1.04 bits per heavy atom. The van der Waals surface area contributed by atoms with E-state index in [1.165, 1.54) is 11.3 Å². The molecule has 0 saturated heterocycles. The van der Waals surface area contributed by atoms with E-state index in [4.69, 9.17) is 4.74 Å². The first-order valence-electron chi connectivity index (χ1n) is 9.85. The van der Waals surface area contributed by atoms with Crippen LogP contribution in [0.25, 0.3) is 6.08 Å². The number of carbonyl (C=O) groups excluding carboxylic acids is 2. The SMILES string of the molecule is O=C(CN1C(=O)/C(=C\c2ccccc2)Oc2ccccc21)NC1CCCCC1. The molecule has 2 amide bonds. The summed E-state index contributed by atoms with van der Waals surface area (Å²) in [6.45, 7) is -0.0121. The van der Waals surface area contributed by atoms with E-state index in [0.717, 1.165) is 31.2 Å². The third-order valence-electron chi connectivity index (χ3n) is 5.20. The number of amides is 2. The molecule has 1 aliphatic carbocycles. The molecule has 28 heavy (non-hydrogen) atoms. The summed E-state index contributed by atoms with van der Waals surface area (Å²) in [4.78, 5) is 27.2. The van der Waals surface area contributed by atoms with E-state index in [0.29, 0.717) is 11.4 Å². The lowest BCUT2D eigenvalue weighted by Crippen LogP contribution is -2.47. The zero-order valence-electron chi connectivity index (χ0n) is 15.8. The van der Waals surface area contributed by atoms with Gasteiger partial charge in [-0.25, -0.2) is 0 Å². The van der Waals surface area contributed by atoms with Crippen LogP contribution in [0.3, 0.4) is 0 Å². The van der Waals surface area contributed by atoms with E-state index >= 15 is 0 Å². The van der Waals surface area contributed by atoms with Gasteiger partial charge in [0.05, 0.1) is 5.69 Å². The highest BCUT2D eigenvalue weighted by molar-refractivity contribution is 6.12. The van der Waals surface area contributed by atoms with Gasteiger partial charge in [0, 0.05) is 6.04 Å². The number of carbonyl (C=O) groups is 2. The van der Waals surface area contributed by atoms with Crippen LogP contribution in [0.5, 0.6) is 5.75 Å². The summed E-state index contributed by atoms with van der Waals surface area (Å²) in [5, 5.41) is 3.09. The maximum atomic E-state index is 13.1. The number of nitrogens with one attached hydrogen (secondary N) is 1. The van der Waals surface area contributed by atoms with Gasteiger partial charge in [-0.1, -0.05) is 61.7 Å². The molecule has 5 heteroatoms. The Balaban J connectivity index is 1.56. The van der Waals surface area contributed by atoms with Gasteiger partial charge in [0.2, 0.25) is 5.91 Å². The fourth-order valence-electron chi connectivity index (χ4n) is 3.78. The Labute approximate surface area is 165 Å². The second kappa shape index (κ2) is 8.30. The van der Waals surface area contributed by atoms with Crippen molar-refractivity contribution in [3.63, 3.8) is 0 Å². The summed E-state index contributed by atoms with van der Waals surface area (Å²) >= 11 is 0. The zero-order chi connectivity index (χ0) is 19.3. The molecule has 2 aliphatic rings. The van der Waals surface area contributed by atoms with Crippen molar-refractivity contribution >= 4 is 23.6 Å². The van der Waals surface area contributed by atoms with Gasteiger partial charge in [-0.2, -0.15) is 0 Å². The van der Waals surface area contributed by atoms with Crippen molar-refractivity contribution in [2.24, 2.45) is 0 Å². The molecule has 1 saturated carbocycles. The summed E-state index contributed by atoms with van der Waals surface area (Å²) in [7, 11) is 0. The van der Waals surface area contributed by atoms with E-state index in [9.17, 15) is 9.59 Å². The van der Waals surface area contributed by atoms with Crippen molar-refractivity contribution in [2.75, 3.05) is 11.4 Å². The Morgan fingerprint density at radius 2 is 1.75 bits per heavy atom. The standard InChI is InChI=1S/C23H24N2O3/c26-22(24-18-11-5-2-6-12-18)16-25-19-13-7-8-14-20(19)28-21(23(25)27)15-17-9-3-1-4-10-17/h1,3-4,7-10,13-15,18H,2,5-6,11-12,16H2,(H,24,26)/b21-15+. The first kappa shape index (κ1) is 18.3. The molecule has 144 valence electrons. The van der Waals surface area contributed by atoms with Gasteiger partial charge >= 0.3 is 0 Å². The van der Waals surface area contributed by atoms with Crippen molar-refractivity contribution in [1.82, 2.24) is 5.32 Å². The third kappa shape index (κ3) is 4.09. The number of para-hydroxylation sites is 2. The third-order valence-corrected chi connectivity index (χ3v) is 5.20. The number of anilines is 1. The van der Waals surface area contributed by atoms with Crippen molar-refractivity contribution in [3.8, 4) is 5.75 Å². The number of rotatable bonds is 4. The van der Waals surface area contributed by atoms with E-state index in [2.05, 4.69) is 5.32 Å². The molecule has 2 aromatic rings. The second-order valence-corrected chi connectivity index (χ2v) is 7.28. The minimum absolute atomic E-state index is 0.0121. The van der Waals surface area contributed by atoms with Crippen molar-refractivity contribution in [3.05, 3.63) is 65.9 Å². The highest BCUT2D eigenvalue weighted by Gasteiger charge is 2.32. The van der Waals surface area contributed by atoms with Crippen molar-refractivity contribution < 1.29 is 14.3 Å². The van der Waals surface area contributed by atoms with Crippen LogP contribution in [0.1, 0.15) is 37.7 Å². The Hall–Kier alpha value is -3.08. The number of hydrogen-bond donors (Lipinski definition) is 1. The summed E-state index contributed by atoms with van der Waals surface area (Å²) < 4.78 is 5.85. The number of ether oxygens (including phenoxy) is 1. The van der Waals surface area contributed by atoms with Crippen LogP contribution in [0.15, 0.2) is 60.4 Å². The minimum Gasteiger partial charge on any atom is -0.449 e. The summed E-state index contributed by atoms with van der Waals surface area (Å²) in [6.07, 6.45) is 7.26. The molecule has 5 nitrogen and oxygen atoms in total. The first-order valence-corrected chi connectivity index (χ1v) is 9.85. The maximum Gasteiger partial charge on any atom is 0.294 e. The largest absolute Gasteiger partial charge is 0.449 e. The zero-order valence-corrected chi connectivity index (χ0v) is 15.8. The van der Waals surface area contributed by atoms with Gasteiger partial charge in [0.15, 0.2) is 11.5 Å². The summed E-state index contributed by atoms with van der Waals surface area (Å²) in [5.74, 6) is 0.363. The van der Waals surface area contributed by atoms with Crippen LogP contribution < -0.4 is 15.0 Å². The summed E-state index contributed by atoms with van der Waals surface area (Å²) in [6, 6.07) is 17.1. The predicted molar refractivity (Wildman–Crippen MR) is 109 cm³/mol. The van der Waals surface area contributed by atoms with E-state index in [1.54, 1.807) is 12.1 Å². The average Bonchev–Trinajstić information content (AvgIpc) is 2.72. The van der Waals surface area contributed by atoms with Crippen LogP contribution in [0, 0.1) is 0 Å². The van der Waals surface area contributed by atoms with Gasteiger partial charge in [-0.15, -0.1) is 0 Å². The van der Waals surface area contributed by atoms with Crippen LogP contribution >= 0.6 is 0 Å². The van der Waals surface area contributed by atoms with Crippen molar-refractivity contribution in [2.45, 2.75) is 38.1 Å². The fourth-order valence-corrected chi connectivity index (χ4v) is 3.78. The van der Waals surface area contributed by atoms with Gasteiger partial charge in [0.25, 0.3) is 5.91 Å². The minimum atomic E-state index is -0.304. The smallest absolute Gasteiger partial charge is 0.294 e.